The predicted octanol–water partition coefficient (Wildman–Crippen LogP) is 7.14. The number of rotatable bonds is 15. The van der Waals surface area contributed by atoms with Gasteiger partial charge in [0.05, 0.1) is 15.2 Å². The van der Waals surface area contributed by atoms with E-state index in [4.69, 9.17) is 4.84 Å². The van der Waals surface area contributed by atoms with Crippen LogP contribution >= 0.6 is 0 Å². The van der Waals surface area contributed by atoms with Crippen LogP contribution in [-0.4, -0.2) is 77.6 Å². The number of hydroxylamine groups is 2. The van der Waals surface area contributed by atoms with Crippen LogP contribution in [0, 0.1) is 0 Å². The van der Waals surface area contributed by atoms with Crippen LogP contribution in [0.5, 0.6) is 0 Å². The summed E-state index contributed by atoms with van der Waals surface area (Å²) in [6.07, 6.45) is 22.7. The third-order valence-electron chi connectivity index (χ3n) is 11.3. The molecule has 0 spiro atoms. The number of carbonyl (C=O) groups is 2. The molecule has 2 aromatic carbocycles. The first-order valence-corrected chi connectivity index (χ1v) is 22.6. The number of hydrogen-bond donors (Lipinski definition) is 3. The summed E-state index contributed by atoms with van der Waals surface area (Å²) in [5, 5.41) is 10.6. The Kier molecular flexibility index (Phi) is 12.8. The molecule has 1 saturated heterocycles. The first-order valence-electron chi connectivity index (χ1n) is 19.8. The van der Waals surface area contributed by atoms with Crippen molar-refractivity contribution in [1.29, 1.82) is 0 Å². The van der Waals surface area contributed by atoms with E-state index >= 15 is 0 Å². The fourth-order valence-corrected chi connectivity index (χ4v) is 9.20. The van der Waals surface area contributed by atoms with Gasteiger partial charge >= 0.3 is 5.97 Å². The summed E-state index contributed by atoms with van der Waals surface area (Å²) >= 11 is 0. The van der Waals surface area contributed by atoms with E-state index in [1.54, 1.807) is 12.1 Å². The summed E-state index contributed by atoms with van der Waals surface area (Å²) in [5.41, 5.74) is 4.72. The molecule has 3 aliphatic heterocycles. The fraction of sp³-hybridized carbons (Fsp3) is 0.386. The van der Waals surface area contributed by atoms with Crippen molar-refractivity contribution in [3.63, 3.8) is 0 Å². The zero-order valence-corrected chi connectivity index (χ0v) is 35.4. The molecule has 4 aliphatic rings. The van der Waals surface area contributed by atoms with Crippen molar-refractivity contribution in [2.75, 3.05) is 18.0 Å². The molecule has 1 aliphatic carbocycles. The van der Waals surface area contributed by atoms with Crippen molar-refractivity contribution in [2.45, 2.75) is 106 Å². The van der Waals surface area contributed by atoms with E-state index in [1.807, 2.05) is 76.3 Å². The Morgan fingerprint density at radius 1 is 0.881 bits per heavy atom. The topological polar surface area (TPSA) is 182 Å². The Morgan fingerprint density at radius 3 is 2.25 bits per heavy atom. The smallest absolute Gasteiger partial charge is 0.332 e. The molecule has 15 heteroatoms. The van der Waals surface area contributed by atoms with Gasteiger partial charge in [-0.05, 0) is 80.7 Å². The van der Waals surface area contributed by atoms with E-state index in [0.29, 0.717) is 37.9 Å². The lowest BCUT2D eigenvalue weighted by atomic mass is 9.81. The van der Waals surface area contributed by atoms with Crippen molar-refractivity contribution in [3.05, 3.63) is 120 Å². The van der Waals surface area contributed by atoms with Gasteiger partial charge in [0.15, 0.2) is 11.9 Å². The van der Waals surface area contributed by atoms with E-state index in [0.717, 1.165) is 46.3 Å². The first kappa shape index (κ1) is 43.6. The lowest BCUT2D eigenvalue weighted by molar-refractivity contribution is -0.438. The summed E-state index contributed by atoms with van der Waals surface area (Å²) in [6.45, 7) is 9.16. The van der Waals surface area contributed by atoms with Gasteiger partial charge in [0, 0.05) is 66.7 Å². The number of amides is 1. The molecule has 314 valence electrons. The number of benzene rings is 2. The average molecular weight is 847 g/mol. The van der Waals surface area contributed by atoms with Crippen LogP contribution in [0.1, 0.15) is 90.2 Å². The lowest BCUT2D eigenvalue weighted by Crippen LogP contribution is -2.35. The maximum atomic E-state index is 12.4. The second-order valence-electron chi connectivity index (χ2n) is 16.1. The monoisotopic (exact) mass is 846 g/mol. The molecule has 1 amide bonds. The molecule has 13 nitrogen and oxygen atoms in total. The van der Waals surface area contributed by atoms with Gasteiger partial charge in [-0.15, -0.1) is 5.06 Å². The highest BCUT2D eigenvalue weighted by Crippen LogP contribution is 2.49. The van der Waals surface area contributed by atoms with Gasteiger partial charge in [0.2, 0.25) is 5.69 Å². The minimum absolute atomic E-state index is 0.0590. The van der Waals surface area contributed by atoms with Crippen LogP contribution in [0.3, 0.4) is 0 Å². The van der Waals surface area contributed by atoms with Crippen molar-refractivity contribution < 1.29 is 50.0 Å². The number of aliphatic hydroxyl groups is 1. The normalized spacial score (nSPS) is 22.9. The second kappa shape index (κ2) is 17.3. The van der Waals surface area contributed by atoms with Crippen molar-refractivity contribution in [2.24, 2.45) is 0 Å². The van der Waals surface area contributed by atoms with Gasteiger partial charge in [0.1, 0.15) is 6.54 Å². The van der Waals surface area contributed by atoms with Crippen molar-refractivity contribution in [3.8, 4) is 0 Å². The molecule has 2 aromatic rings. The van der Waals surface area contributed by atoms with Gasteiger partial charge in [-0.2, -0.15) is 21.4 Å². The Balaban J connectivity index is 1.28. The largest absolute Gasteiger partial charge is 0.370 e. The number of hydrogen-bond acceptors (Lipinski definition) is 9. The Bertz CT molecular complexity index is 2460. The van der Waals surface area contributed by atoms with E-state index in [2.05, 4.69) is 21.6 Å². The molecule has 0 bridgehead atoms. The van der Waals surface area contributed by atoms with Crippen molar-refractivity contribution >= 4 is 49.2 Å². The minimum Gasteiger partial charge on any atom is -0.370 e. The summed E-state index contributed by atoms with van der Waals surface area (Å²) in [6, 6.07) is 9.26. The Labute approximate surface area is 346 Å². The highest BCUT2D eigenvalue weighted by Gasteiger charge is 2.45. The highest BCUT2D eigenvalue weighted by molar-refractivity contribution is 7.86. The zero-order valence-electron chi connectivity index (χ0n) is 33.7. The predicted molar refractivity (Wildman–Crippen MR) is 224 cm³/mol. The minimum atomic E-state index is -4.47. The molecule has 3 N–H and O–H groups in total. The average Bonchev–Trinajstić information content (AvgIpc) is 3.66. The van der Waals surface area contributed by atoms with Gasteiger partial charge in [-0.25, -0.2) is 4.79 Å². The quantitative estimate of drug-likeness (QED) is 0.0942. The standard InChI is InChI=1S/C44H51N3O10S2/c1-43(2)34-29-32(58(51,52)53)21-23-36(34)45(27-12-8-11-20-42(50)57-47-40(48)25-26-41(47)49)38(43)18-13-19-39-44(3,4)35-30-33(59(54,55)56)22-24-37(35)46(39)28-14-17-31-15-9-6-5-7-10-16-31/h5-7,9-10,13,15-16,18-19,21-24,29-30,40,48H,8,11-12,14,17,20,25-28H2,1-4H3,(H-,51,52,53,54,55,56)/p+1/b6-5-,7-5?,9-6?,10-7-,15-9-,16-10?,31-15?,31-16+. The molecular weight excluding hydrogens is 795 g/mol. The molecule has 0 radical (unpaired) electrons. The molecule has 0 saturated carbocycles. The van der Waals surface area contributed by atoms with E-state index < -0.39 is 49.2 Å². The van der Waals surface area contributed by atoms with E-state index in [-0.39, 0.29) is 29.1 Å². The summed E-state index contributed by atoms with van der Waals surface area (Å²) < 4.78 is 70.8. The SMILES string of the molecule is CC1(C)C(/C=C/C=C2/N(CCCCCC(=O)ON3C(=O)CCC3O)c3ccc(S(=O)(=O)O)cc3C2(C)C)=[N+](CCCC2=C/C=C\C=C/C=C\2)c2ccc(S(=O)(=O)O)cc21. The van der Waals surface area contributed by atoms with Crippen LogP contribution in [0.25, 0.3) is 0 Å². The lowest BCUT2D eigenvalue weighted by Gasteiger charge is -2.27. The van der Waals surface area contributed by atoms with Gasteiger partial charge in [-0.3, -0.25) is 13.9 Å². The van der Waals surface area contributed by atoms with Crippen LogP contribution in [0.15, 0.2) is 118 Å². The zero-order chi connectivity index (χ0) is 42.8. The number of fused-ring (bicyclic) bond motifs is 2. The van der Waals surface area contributed by atoms with E-state index in [1.165, 1.54) is 29.8 Å². The third-order valence-corrected chi connectivity index (χ3v) is 13.0. The summed E-state index contributed by atoms with van der Waals surface area (Å²) in [4.78, 5) is 31.2. The number of allylic oxidation sites excluding steroid dienone is 12. The second-order valence-corrected chi connectivity index (χ2v) is 19.0. The third kappa shape index (κ3) is 9.60. The highest BCUT2D eigenvalue weighted by atomic mass is 32.2. The van der Waals surface area contributed by atoms with Crippen LogP contribution in [0.2, 0.25) is 0 Å². The summed E-state index contributed by atoms with van der Waals surface area (Å²) in [7, 11) is -8.92. The molecule has 0 aromatic heterocycles. The Morgan fingerprint density at radius 2 is 1.56 bits per heavy atom. The molecule has 1 atom stereocenters. The van der Waals surface area contributed by atoms with Crippen LogP contribution in [-0.2, 0) is 45.5 Å². The number of carbonyl (C=O) groups excluding carboxylic acids is 2. The van der Waals surface area contributed by atoms with Crippen molar-refractivity contribution in [1.82, 2.24) is 5.06 Å². The number of anilines is 1. The molecule has 6 rings (SSSR count). The maximum absolute atomic E-state index is 12.4. The number of unbranched alkanes of at least 4 members (excludes halogenated alkanes) is 2. The molecule has 59 heavy (non-hydrogen) atoms. The first-order chi connectivity index (χ1) is 27.8. The van der Waals surface area contributed by atoms with Gasteiger partial charge in [0.25, 0.3) is 26.1 Å². The van der Waals surface area contributed by atoms with Gasteiger partial charge < -0.3 is 14.8 Å². The fourth-order valence-electron chi connectivity index (χ4n) is 8.19. The van der Waals surface area contributed by atoms with Gasteiger partial charge in [-0.1, -0.05) is 68.9 Å². The molecule has 3 heterocycles. The molecule has 1 unspecified atom stereocenters. The maximum Gasteiger partial charge on any atom is 0.332 e. The van der Waals surface area contributed by atoms with Crippen LogP contribution in [0.4, 0.5) is 11.4 Å². The summed E-state index contributed by atoms with van der Waals surface area (Å²) in [5.74, 6) is -1.03. The number of nitrogens with zero attached hydrogens (tertiary/aromatic N) is 3. The molecule has 1 fully saturated rings. The number of aliphatic hydroxyl groups excluding tert-OH is 1. The molecular formula is C44H52N3O10S2+. The Hall–Kier alpha value is -4.93. The van der Waals surface area contributed by atoms with Crippen LogP contribution < -0.4 is 4.90 Å². The van der Waals surface area contributed by atoms with E-state index in [9.17, 15) is 40.6 Å².